The normalized spacial score (nSPS) is 12.5. The smallest absolute Gasteiger partial charge is 0.162 e. The number of aliphatic hydroxyl groups is 1. The Hall–Kier alpha value is -2.33. The lowest BCUT2D eigenvalue weighted by Gasteiger charge is -2.13. The Kier molecular flexibility index (Phi) is 3.62. The van der Waals surface area contributed by atoms with Crippen LogP contribution in [0.2, 0.25) is 0 Å². The Bertz CT molecular complexity index is 783. The minimum atomic E-state index is -0.945. The van der Waals surface area contributed by atoms with E-state index in [1.54, 1.807) is 12.3 Å². The maximum Gasteiger partial charge on any atom is 0.162 e. The summed E-state index contributed by atoms with van der Waals surface area (Å²) in [5.41, 5.74) is 1.43. The number of rotatable bonds is 3. The van der Waals surface area contributed by atoms with E-state index in [0.29, 0.717) is 11.1 Å². The van der Waals surface area contributed by atoms with E-state index in [-0.39, 0.29) is 12.0 Å². The molecule has 3 rings (SSSR count). The third-order valence-electron chi connectivity index (χ3n) is 3.47. The lowest BCUT2D eigenvalue weighted by molar-refractivity contribution is 0.178. The molecular weight excluding hydrogens is 272 g/mol. The van der Waals surface area contributed by atoms with Crippen molar-refractivity contribution in [3.05, 3.63) is 77.5 Å². The highest BCUT2D eigenvalue weighted by atomic mass is 19.2. The third kappa shape index (κ3) is 2.62. The third-order valence-corrected chi connectivity index (χ3v) is 3.47. The van der Waals surface area contributed by atoms with Crippen molar-refractivity contribution in [1.82, 2.24) is 4.98 Å². The van der Waals surface area contributed by atoms with Gasteiger partial charge in [0.1, 0.15) is 0 Å². The van der Waals surface area contributed by atoms with Crippen molar-refractivity contribution in [2.24, 2.45) is 0 Å². The number of aliphatic hydroxyl groups excluding tert-OH is 1. The van der Waals surface area contributed by atoms with Crippen LogP contribution in [0.5, 0.6) is 0 Å². The Morgan fingerprint density at radius 1 is 1.00 bits per heavy atom. The first-order chi connectivity index (χ1) is 10.2. The van der Waals surface area contributed by atoms with Crippen LogP contribution in [-0.4, -0.2) is 10.1 Å². The average molecular weight is 285 g/mol. The SMILES string of the molecule is OC(Cc1cccc(F)c1F)c1cccc2cccnc12. The summed E-state index contributed by atoms with van der Waals surface area (Å²) in [4.78, 5) is 4.26. The second-order valence-corrected chi connectivity index (χ2v) is 4.86. The number of nitrogens with zero attached hydrogens (tertiary/aromatic N) is 1. The molecule has 3 aromatic rings. The van der Waals surface area contributed by atoms with Crippen molar-refractivity contribution in [3.63, 3.8) is 0 Å². The fourth-order valence-corrected chi connectivity index (χ4v) is 2.42. The molecule has 0 saturated heterocycles. The summed E-state index contributed by atoms with van der Waals surface area (Å²) in [5.74, 6) is -1.82. The zero-order chi connectivity index (χ0) is 14.8. The first-order valence-corrected chi connectivity index (χ1v) is 6.61. The molecule has 0 amide bonds. The number of aromatic nitrogens is 1. The maximum absolute atomic E-state index is 13.7. The van der Waals surface area contributed by atoms with Gasteiger partial charge in [-0.2, -0.15) is 0 Å². The van der Waals surface area contributed by atoms with E-state index in [2.05, 4.69) is 4.98 Å². The van der Waals surface area contributed by atoms with E-state index in [9.17, 15) is 13.9 Å². The number of benzene rings is 2. The molecule has 0 aliphatic rings. The molecule has 1 unspecified atom stereocenters. The Morgan fingerprint density at radius 3 is 2.62 bits per heavy atom. The second-order valence-electron chi connectivity index (χ2n) is 4.86. The summed E-state index contributed by atoms with van der Waals surface area (Å²) in [6.07, 6.45) is 0.695. The zero-order valence-corrected chi connectivity index (χ0v) is 11.1. The quantitative estimate of drug-likeness (QED) is 0.794. The second kappa shape index (κ2) is 5.58. The number of hydrogen-bond donors (Lipinski definition) is 1. The summed E-state index contributed by atoms with van der Waals surface area (Å²) in [7, 11) is 0. The predicted octanol–water partition coefficient (Wildman–Crippen LogP) is 3.79. The summed E-state index contributed by atoms with van der Waals surface area (Å²) in [6.45, 7) is 0. The van der Waals surface area contributed by atoms with Crippen molar-refractivity contribution in [1.29, 1.82) is 0 Å². The van der Waals surface area contributed by atoms with E-state index >= 15 is 0 Å². The Balaban J connectivity index is 1.97. The van der Waals surface area contributed by atoms with Crippen molar-refractivity contribution in [3.8, 4) is 0 Å². The van der Waals surface area contributed by atoms with Gasteiger partial charge in [0.15, 0.2) is 11.6 Å². The van der Waals surface area contributed by atoms with Gasteiger partial charge in [0.25, 0.3) is 0 Å². The summed E-state index contributed by atoms with van der Waals surface area (Å²) in [5, 5.41) is 11.3. The van der Waals surface area contributed by atoms with Gasteiger partial charge in [0.05, 0.1) is 11.6 Å². The van der Waals surface area contributed by atoms with Gasteiger partial charge >= 0.3 is 0 Å². The van der Waals surface area contributed by atoms with Crippen LogP contribution >= 0.6 is 0 Å². The van der Waals surface area contributed by atoms with E-state index in [4.69, 9.17) is 0 Å². The number of pyridine rings is 1. The molecule has 0 bridgehead atoms. The molecule has 2 nitrogen and oxygen atoms in total. The van der Waals surface area contributed by atoms with Gasteiger partial charge in [-0.1, -0.05) is 36.4 Å². The lowest BCUT2D eigenvalue weighted by atomic mass is 9.98. The molecule has 1 atom stereocenters. The first kappa shape index (κ1) is 13.6. The Labute approximate surface area is 120 Å². The van der Waals surface area contributed by atoms with E-state index < -0.39 is 17.7 Å². The topological polar surface area (TPSA) is 33.1 Å². The van der Waals surface area contributed by atoms with Crippen molar-refractivity contribution >= 4 is 10.9 Å². The molecule has 21 heavy (non-hydrogen) atoms. The van der Waals surface area contributed by atoms with E-state index in [1.807, 2.05) is 24.3 Å². The highest BCUT2D eigenvalue weighted by Crippen LogP contribution is 2.26. The van der Waals surface area contributed by atoms with Crippen LogP contribution < -0.4 is 0 Å². The minimum Gasteiger partial charge on any atom is -0.388 e. The molecule has 1 aromatic heterocycles. The monoisotopic (exact) mass is 285 g/mol. The number of para-hydroxylation sites is 1. The molecule has 0 saturated carbocycles. The molecule has 2 aromatic carbocycles. The average Bonchev–Trinajstić information content (AvgIpc) is 2.51. The predicted molar refractivity (Wildman–Crippen MR) is 76.8 cm³/mol. The fourth-order valence-electron chi connectivity index (χ4n) is 2.42. The van der Waals surface area contributed by atoms with Gasteiger partial charge in [-0.15, -0.1) is 0 Å². The molecule has 4 heteroatoms. The number of hydrogen-bond acceptors (Lipinski definition) is 2. The van der Waals surface area contributed by atoms with Crippen LogP contribution in [-0.2, 0) is 6.42 Å². The van der Waals surface area contributed by atoms with Crippen LogP contribution in [0.4, 0.5) is 8.78 Å². The van der Waals surface area contributed by atoms with Gasteiger partial charge in [0, 0.05) is 23.6 Å². The molecule has 0 fully saturated rings. The molecule has 1 heterocycles. The Morgan fingerprint density at radius 2 is 1.76 bits per heavy atom. The van der Waals surface area contributed by atoms with E-state index in [0.717, 1.165) is 11.5 Å². The number of fused-ring (bicyclic) bond motifs is 1. The van der Waals surface area contributed by atoms with Crippen LogP contribution in [0.15, 0.2) is 54.7 Å². The zero-order valence-electron chi connectivity index (χ0n) is 11.1. The first-order valence-electron chi connectivity index (χ1n) is 6.61. The molecule has 0 spiro atoms. The molecule has 0 aliphatic heterocycles. The standard InChI is InChI=1S/C17H13F2NO/c18-14-8-2-5-12(16(14)19)10-15(21)13-7-1-4-11-6-3-9-20-17(11)13/h1-9,15,21H,10H2. The van der Waals surface area contributed by atoms with Crippen LogP contribution in [0.1, 0.15) is 17.2 Å². The van der Waals surface area contributed by atoms with Gasteiger partial charge in [0.2, 0.25) is 0 Å². The van der Waals surface area contributed by atoms with Crippen LogP contribution in [0, 0.1) is 11.6 Å². The molecular formula is C17H13F2NO. The van der Waals surface area contributed by atoms with E-state index in [1.165, 1.54) is 12.1 Å². The number of halogens is 2. The highest BCUT2D eigenvalue weighted by molar-refractivity contribution is 5.81. The van der Waals surface area contributed by atoms with Gasteiger partial charge < -0.3 is 5.11 Å². The summed E-state index contributed by atoms with van der Waals surface area (Å²) >= 11 is 0. The lowest BCUT2D eigenvalue weighted by Crippen LogP contribution is -2.05. The van der Waals surface area contributed by atoms with Crippen LogP contribution in [0.25, 0.3) is 10.9 Å². The van der Waals surface area contributed by atoms with Gasteiger partial charge in [-0.3, -0.25) is 4.98 Å². The summed E-state index contributed by atoms with van der Waals surface area (Å²) in [6, 6.07) is 13.1. The van der Waals surface area contributed by atoms with Gasteiger partial charge in [-0.05, 0) is 17.7 Å². The maximum atomic E-state index is 13.7. The van der Waals surface area contributed by atoms with Crippen molar-refractivity contribution in [2.45, 2.75) is 12.5 Å². The van der Waals surface area contributed by atoms with Crippen molar-refractivity contribution in [2.75, 3.05) is 0 Å². The molecule has 1 N–H and O–H groups in total. The molecule has 0 aliphatic carbocycles. The minimum absolute atomic E-state index is 0.000713. The van der Waals surface area contributed by atoms with Crippen LogP contribution in [0.3, 0.4) is 0 Å². The highest BCUT2D eigenvalue weighted by Gasteiger charge is 2.16. The summed E-state index contributed by atoms with van der Waals surface area (Å²) < 4.78 is 26.9. The largest absolute Gasteiger partial charge is 0.388 e. The van der Waals surface area contributed by atoms with Gasteiger partial charge in [-0.25, -0.2) is 8.78 Å². The fraction of sp³-hybridized carbons (Fsp3) is 0.118. The molecule has 0 radical (unpaired) electrons. The molecule has 106 valence electrons. The van der Waals surface area contributed by atoms with Crippen molar-refractivity contribution < 1.29 is 13.9 Å².